The maximum Gasteiger partial charge on any atom is 0.308 e. The van der Waals surface area contributed by atoms with Gasteiger partial charge in [-0.15, -0.1) is 0 Å². The number of anilines is 1. The third-order valence-electron chi connectivity index (χ3n) is 7.31. The number of halogens is 1. The van der Waals surface area contributed by atoms with Crippen LogP contribution in [0.2, 0.25) is 5.02 Å². The van der Waals surface area contributed by atoms with Crippen LogP contribution < -0.4 is 10.2 Å². The van der Waals surface area contributed by atoms with Gasteiger partial charge in [-0.25, -0.2) is 4.90 Å². The zero-order chi connectivity index (χ0) is 24.9. The number of carbonyl (C=O) groups is 4. The molecule has 3 aliphatic heterocycles. The number of rotatable bonds is 5. The van der Waals surface area contributed by atoms with Crippen LogP contribution in [0.1, 0.15) is 30.5 Å². The van der Waals surface area contributed by atoms with Crippen LogP contribution in [0.3, 0.4) is 0 Å². The van der Waals surface area contributed by atoms with Crippen molar-refractivity contribution < 1.29 is 23.9 Å². The molecule has 0 radical (unpaired) electrons. The van der Waals surface area contributed by atoms with Gasteiger partial charge in [0.2, 0.25) is 17.7 Å². The predicted molar refractivity (Wildman–Crippen MR) is 129 cm³/mol. The minimum Gasteiger partial charge on any atom is -0.466 e. The van der Waals surface area contributed by atoms with Crippen molar-refractivity contribution in [2.24, 2.45) is 11.8 Å². The van der Waals surface area contributed by atoms with Gasteiger partial charge in [-0.1, -0.05) is 41.4 Å². The second-order valence-corrected chi connectivity index (χ2v) is 9.64. The number of nitrogens with one attached hydrogen (secondary N) is 1. The molecule has 2 aromatic rings. The summed E-state index contributed by atoms with van der Waals surface area (Å²) in [5, 5.41) is 3.38. The maximum absolute atomic E-state index is 14.0. The van der Waals surface area contributed by atoms with Crippen molar-refractivity contribution in [1.29, 1.82) is 0 Å². The first-order valence-electron chi connectivity index (χ1n) is 11.7. The second kappa shape index (κ2) is 8.77. The first kappa shape index (κ1) is 23.5. The Morgan fingerprint density at radius 3 is 2.43 bits per heavy atom. The molecule has 35 heavy (non-hydrogen) atoms. The molecule has 4 atom stereocenters. The van der Waals surface area contributed by atoms with E-state index >= 15 is 0 Å². The summed E-state index contributed by atoms with van der Waals surface area (Å²) in [5.41, 5.74) is 0.662. The molecule has 0 aliphatic carbocycles. The maximum atomic E-state index is 14.0. The number of carbonyl (C=O) groups excluding carboxylic acids is 4. The molecule has 3 fully saturated rings. The molecule has 3 heterocycles. The van der Waals surface area contributed by atoms with E-state index in [4.69, 9.17) is 16.3 Å². The number of benzene rings is 2. The standard InChI is InChI=1S/C26H26ClN3O5/c1-3-35-19(31)14-26-21-20(23(32)30(24(21)33)18-10-4-15(2)5-11-18)22(16-6-8-17(27)9-7-16)29(26)13-12-28-25(26)34/h4-11,20-22H,3,12-14H2,1-2H3,(H,28,34)/t20-,21-,22+,26-/m0/s1. The average Bonchev–Trinajstić information content (AvgIpc) is 3.26. The molecule has 3 saturated heterocycles. The molecule has 3 aliphatic rings. The number of ether oxygens (including phenoxy) is 1. The summed E-state index contributed by atoms with van der Waals surface area (Å²) in [5.74, 6) is -3.76. The van der Waals surface area contributed by atoms with Gasteiger partial charge in [0.15, 0.2) is 0 Å². The van der Waals surface area contributed by atoms with E-state index in [0.717, 1.165) is 11.1 Å². The molecule has 0 aromatic heterocycles. The van der Waals surface area contributed by atoms with Crippen molar-refractivity contribution in [3.63, 3.8) is 0 Å². The number of piperazine rings is 1. The summed E-state index contributed by atoms with van der Waals surface area (Å²) in [7, 11) is 0. The number of aryl methyl sites for hydroxylation is 1. The molecule has 5 rings (SSSR count). The molecule has 182 valence electrons. The summed E-state index contributed by atoms with van der Waals surface area (Å²) >= 11 is 6.12. The lowest BCUT2D eigenvalue weighted by atomic mass is 9.76. The zero-order valence-corrected chi connectivity index (χ0v) is 20.2. The minimum absolute atomic E-state index is 0.146. The van der Waals surface area contributed by atoms with Crippen molar-refractivity contribution in [1.82, 2.24) is 10.2 Å². The van der Waals surface area contributed by atoms with E-state index in [1.54, 1.807) is 31.2 Å². The van der Waals surface area contributed by atoms with E-state index in [0.29, 0.717) is 23.8 Å². The average molecular weight is 496 g/mol. The third-order valence-corrected chi connectivity index (χ3v) is 7.56. The fourth-order valence-electron chi connectivity index (χ4n) is 5.90. The lowest BCUT2D eigenvalue weighted by molar-refractivity contribution is -0.156. The van der Waals surface area contributed by atoms with E-state index < -0.39 is 41.2 Å². The Bertz CT molecular complexity index is 1200. The van der Waals surface area contributed by atoms with Gasteiger partial charge in [0, 0.05) is 24.2 Å². The molecule has 0 spiro atoms. The van der Waals surface area contributed by atoms with Gasteiger partial charge < -0.3 is 10.1 Å². The van der Waals surface area contributed by atoms with Gasteiger partial charge in [-0.2, -0.15) is 0 Å². The molecule has 0 saturated carbocycles. The van der Waals surface area contributed by atoms with Gasteiger partial charge in [0.25, 0.3) is 0 Å². The number of nitrogens with zero attached hydrogens (tertiary/aromatic N) is 2. The Kier molecular flexibility index (Phi) is 5.89. The van der Waals surface area contributed by atoms with Crippen molar-refractivity contribution in [2.75, 3.05) is 24.6 Å². The molecule has 0 bridgehead atoms. The first-order chi connectivity index (χ1) is 16.8. The minimum atomic E-state index is -1.54. The Labute approximate surface area is 208 Å². The Balaban J connectivity index is 1.69. The summed E-state index contributed by atoms with van der Waals surface area (Å²) in [6.07, 6.45) is -0.321. The van der Waals surface area contributed by atoms with E-state index in [1.807, 2.05) is 36.1 Å². The summed E-state index contributed by atoms with van der Waals surface area (Å²) in [6, 6.07) is 13.6. The third kappa shape index (κ3) is 3.54. The number of hydrogen-bond acceptors (Lipinski definition) is 6. The van der Waals surface area contributed by atoms with Crippen LogP contribution >= 0.6 is 11.6 Å². The van der Waals surface area contributed by atoms with Crippen LogP contribution in [0.25, 0.3) is 0 Å². The van der Waals surface area contributed by atoms with Crippen LogP contribution in [-0.2, 0) is 23.9 Å². The van der Waals surface area contributed by atoms with Crippen LogP contribution in [0.15, 0.2) is 48.5 Å². The number of esters is 1. The van der Waals surface area contributed by atoms with Crippen LogP contribution in [0.4, 0.5) is 5.69 Å². The lowest BCUT2D eigenvalue weighted by Crippen LogP contribution is -2.67. The number of amides is 3. The largest absolute Gasteiger partial charge is 0.466 e. The zero-order valence-electron chi connectivity index (χ0n) is 19.5. The fraction of sp³-hybridized carbons (Fsp3) is 0.385. The quantitative estimate of drug-likeness (QED) is 0.506. The molecule has 2 aromatic carbocycles. The molecular weight excluding hydrogens is 470 g/mol. The predicted octanol–water partition coefficient (Wildman–Crippen LogP) is 2.63. The second-order valence-electron chi connectivity index (χ2n) is 9.20. The van der Waals surface area contributed by atoms with Gasteiger partial charge >= 0.3 is 5.97 Å². The Hall–Kier alpha value is -3.23. The summed E-state index contributed by atoms with van der Waals surface area (Å²) < 4.78 is 5.21. The van der Waals surface area contributed by atoms with Crippen LogP contribution in [0, 0.1) is 18.8 Å². The Morgan fingerprint density at radius 1 is 1.09 bits per heavy atom. The summed E-state index contributed by atoms with van der Waals surface area (Å²) in [6.45, 7) is 4.48. The highest BCUT2D eigenvalue weighted by Crippen LogP contribution is 2.57. The lowest BCUT2D eigenvalue weighted by Gasteiger charge is -2.45. The molecule has 1 N–H and O–H groups in total. The normalized spacial score (nSPS) is 28.0. The molecular formula is C26H26ClN3O5. The van der Waals surface area contributed by atoms with Gasteiger partial charge in [-0.05, 0) is 43.7 Å². The number of hydrogen-bond donors (Lipinski definition) is 1. The van der Waals surface area contributed by atoms with Gasteiger partial charge in [-0.3, -0.25) is 24.1 Å². The summed E-state index contributed by atoms with van der Waals surface area (Å²) in [4.78, 5) is 57.3. The van der Waals surface area contributed by atoms with Crippen molar-refractivity contribution in [2.45, 2.75) is 31.8 Å². The van der Waals surface area contributed by atoms with Gasteiger partial charge in [0.05, 0.1) is 30.6 Å². The molecule has 3 amide bonds. The Morgan fingerprint density at radius 2 is 1.77 bits per heavy atom. The van der Waals surface area contributed by atoms with E-state index in [1.165, 1.54) is 4.90 Å². The highest BCUT2D eigenvalue weighted by molar-refractivity contribution is 6.30. The number of fused-ring (bicyclic) bond motifs is 3. The first-order valence-corrected chi connectivity index (χ1v) is 12.1. The molecule has 0 unspecified atom stereocenters. The van der Waals surface area contributed by atoms with Crippen molar-refractivity contribution >= 4 is 41.0 Å². The van der Waals surface area contributed by atoms with E-state index in [-0.39, 0.29) is 18.9 Å². The van der Waals surface area contributed by atoms with E-state index in [9.17, 15) is 19.2 Å². The highest BCUT2D eigenvalue weighted by Gasteiger charge is 2.73. The topological polar surface area (TPSA) is 96.0 Å². The molecule has 9 heteroatoms. The number of imide groups is 1. The monoisotopic (exact) mass is 495 g/mol. The van der Waals surface area contributed by atoms with Crippen molar-refractivity contribution in [3.05, 3.63) is 64.7 Å². The molecule has 8 nitrogen and oxygen atoms in total. The SMILES string of the molecule is CCOC(=O)C[C@]12C(=O)NCCN1[C@H](c1ccc(Cl)cc1)[C@H]1C(=O)N(c3ccc(C)cc3)C(=O)[C@H]12. The smallest absolute Gasteiger partial charge is 0.308 e. The van der Waals surface area contributed by atoms with E-state index in [2.05, 4.69) is 5.32 Å². The van der Waals surface area contributed by atoms with Crippen LogP contribution in [0.5, 0.6) is 0 Å². The highest BCUT2D eigenvalue weighted by atomic mass is 35.5. The van der Waals surface area contributed by atoms with Crippen LogP contribution in [-0.4, -0.2) is 53.8 Å². The van der Waals surface area contributed by atoms with Crippen molar-refractivity contribution in [3.8, 4) is 0 Å². The fourth-order valence-corrected chi connectivity index (χ4v) is 6.03. The van der Waals surface area contributed by atoms with Gasteiger partial charge in [0.1, 0.15) is 5.54 Å².